The lowest BCUT2D eigenvalue weighted by molar-refractivity contribution is -0.138. The first-order chi connectivity index (χ1) is 8.74. The van der Waals surface area contributed by atoms with Gasteiger partial charge in [0.15, 0.2) is 0 Å². The van der Waals surface area contributed by atoms with Gasteiger partial charge in [-0.15, -0.1) is 0 Å². The molecule has 1 amide bonds. The predicted octanol–water partition coefficient (Wildman–Crippen LogP) is 2.03. The maximum Gasteiger partial charge on any atom is 0.407 e. The molecule has 0 rings (SSSR count). The molecular formula is C13H25NO5. The maximum atomic E-state index is 11.4. The highest BCUT2D eigenvalue weighted by atomic mass is 16.6. The number of carbonyl (C=O) groups is 2. The summed E-state index contributed by atoms with van der Waals surface area (Å²) < 4.78 is 10.3. The van der Waals surface area contributed by atoms with Crippen molar-refractivity contribution in [2.75, 3.05) is 19.8 Å². The van der Waals surface area contributed by atoms with Crippen molar-refractivity contribution in [1.82, 2.24) is 5.32 Å². The summed E-state index contributed by atoms with van der Waals surface area (Å²) in [6, 6.07) is 0. The molecule has 6 nitrogen and oxygen atoms in total. The summed E-state index contributed by atoms with van der Waals surface area (Å²) in [5.41, 5.74) is -0.532. The third-order valence-electron chi connectivity index (χ3n) is 2.24. The Morgan fingerprint density at radius 3 is 2.42 bits per heavy atom. The Kier molecular flexibility index (Phi) is 8.14. The number of carboxylic acids is 1. The van der Waals surface area contributed by atoms with Crippen LogP contribution in [0.2, 0.25) is 0 Å². The molecule has 112 valence electrons. The monoisotopic (exact) mass is 275 g/mol. The second-order valence-corrected chi connectivity index (χ2v) is 5.34. The predicted molar refractivity (Wildman–Crippen MR) is 71.1 cm³/mol. The lowest BCUT2D eigenvalue weighted by Crippen LogP contribution is -2.34. The average Bonchev–Trinajstić information content (AvgIpc) is 2.22. The van der Waals surface area contributed by atoms with Crippen molar-refractivity contribution in [3.8, 4) is 0 Å². The Labute approximate surface area is 114 Å². The lowest BCUT2D eigenvalue weighted by atomic mass is 10.0. The van der Waals surface area contributed by atoms with Crippen LogP contribution in [0.4, 0.5) is 4.79 Å². The van der Waals surface area contributed by atoms with E-state index < -0.39 is 17.7 Å². The van der Waals surface area contributed by atoms with Gasteiger partial charge in [-0.1, -0.05) is 0 Å². The van der Waals surface area contributed by atoms with Crippen LogP contribution in [0.25, 0.3) is 0 Å². The standard InChI is InChI=1S/C13H25NO5/c1-5-18-9-10(8-11(15)16)6-7-14-12(17)19-13(2,3)4/h10H,5-9H2,1-4H3,(H,14,17)(H,15,16)/t10-/m1/s1. The molecule has 1 atom stereocenters. The van der Waals surface area contributed by atoms with Crippen LogP contribution in [-0.4, -0.2) is 42.5 Å². The van der Waals surface area contributed by atoms with E-state index in [1.807, 2.05) is 6.92 Å². The fourth-order valence-electron chi connectivity index (χ4n) is 1.47. The van der Waals surface area contributed by atoms with E-state index in [9.17, 15) is 9.59 Å². The quantitative estimate of drug-likeness (QED) is 0.708. The zero-order valence-electron chi connectivity index (χ0n) is 12.2. The Hall–Kier alpha value is -1.30. The number of rotatable bonds is 8. The van der Waals surface area contributed by atoms with Crippen LogP contribution < -0.4 is 5.32 Å². The van der Waals surface area contributed by atoms with Crippen LogP contribution in [0.5, 0.6) is 0 Å². The second kappa shape index (κ2) is 8.74. The van der Waals surface area contributed by atoms with Crippen LogP contribution in [-0.2, 0) is 14.3 Å². The van der Waals surface area contributed by atoms with E-state index in [0.717, 1.165) is 0 Å². The average molecular weight is 275 g/mol. The fourth-order valence-corrected chi connectivity index (χ4v) is 1.47. The summed E-state index contributed by atoms with van der Waals surface area (Å²) in [4.78, 5) is 22.1. The zero-order valence-corrected chi connectivity index (χ0v) is 12.2. The van der Waals surface area contributed by atoms with Gasteiger partial charge in [0.25, 0.3) is 0 Å². The first kappa shape index (κ1) is 17.7. The number of carboxylic acid groups (broad SMARTS) is 1. The first-order valence-electron chi connectivity index (χ1n) is 6.51. The Morgan fingerprint density at radius 2 is 1.95 bits per heavy atom. The van der Waals surface area contributed by atoms with Crippen LogP contribution in [0.15, 0.2) is 0 Å². The van der Waals surface area contributed by atoms with Gasteiger partial charge >= 0.3 is 12.1 Å². The number of carbonyl (C=O) groups excluding carboxylic acids is 1. The molecule has 0 unspecified atom stereocenters. The van der Waals surface area contributed by atoms with Crippen molar-refractivity contribution in [3.05, 3.63) is 0 Å². The Balaban J connectivity index is 3.97. The molecule has 0 saturated carbocycles. The van der Waals surface area contributed by atoms with Crippen LogP contribution in [0.3, 0.4) is 0 Å². The minimum absolute atomic E-state index is 0.0377. The van der Waals surface area contributed by atoms with Crippen molar-refractivity contribution in [3.63, 3.8) is 0 Å². The van der Waals surface area contributed by atoms with Gasteiger partial charge < -0.3 is 19.9 Å². The lowest BCUT2D eigenvalue weighted by Gasteiger charge is -2.20. The molecule has 0 aliphatic carbocycles. The summed E-state index contributed by atoms with van der Waals surface area (Å²) in [5.74, 6) is -0.964. The fraction of sp³-hybridized carbons (Fsp3) is 0.846. The van der Waals surface area contributed by atoms with Gasteiger partial charge in [0.2, 0.25) is 0 Å². The third-order valence-corrected chi connectivity index (χ3v) is 2.24. The first-order valence-corrected chi connectivity index (χ1v) is 6.51. The van der Waals surface area contributed by atoms with Crippen molar-refractivity contribution in [2.45, 2.75) is 46.1 Å². The Bertz CT molecular complexity index is 285. The highest BCUT2D eigenvalue weighted by Gasteiger charge is 2.17. The minimum atomic E-state index is -0.859. The van der Waals surface area contributed by atoms with Crippen LogP contribution in [0, 0.1) is 5.92 Å². The van der Waals surface area contributed by atoms with E-state index in [-0.39, 0.29) is 12.3 Å². The molecule has 0 bridgehead atoms. The molecule has 0 fully saturated rings. The number of alkyl carbamates (subject to hydrolysis) is 1. The molecule has 0 aromatic rings. The summed E-state index contributed by atoms with van der Waals surface area (Å²) in [6.07, 6.45) is 0.0969. The number of aliphatic carboxylic acids is 1. The van der Waals surface area contributed by atoms with E-state index >= 15 is 0 Å². The Morgan fingerprint density at radius 1 is 1.32 bits per heavy atom. The second-order valence-electron chi connectivity index (χ2n) is 5.34. The topological polar surface area (TPSA) is 84.9 Å². The molecule has 0 aromatic heterocycles. The van der Waals surface area contributed by atoms with Gasteiger partial charge in [-0.25, -0.2) is 4.79 Å². The number of hydrogen-bond donors (Lipinski definition) is 2. The van der Waals surface area contributed by atoms with Crippen molar-refractivity contribution in [1.29, 1.82) is 0 Å². The van der Waals surface area contributed by atoms with Gasteiger partial charge in [0, 0.05) is 19.8 Å². The van der Waals surface area contributed by atoms with E-state index in [1.165, 1.54) is 0 Å². The molecular weight excluding hydrogens is 250 g/mol. The van der Waals surface area contributed by atoms with E-state index in [4.69, 9.17) is 14.6 Å². The molecule has 0 heterocycles. The van der Waals surface area contributed by atoms with E-state index in [0.29, 0.717) is 26.2 Å². The van der Waals surface area contributed by atoms with Gasteiger partial charge in [-0.05, 0) is 40.0 Å². The molecule has 0 radical (unpaired) electrons. The molecule has 2 N–H and O–H groups in total. The summed E-state index contributed by atoms with van der Waals surface area (Å²) >= 11 is 0. The maximum absolute atomic E-state index is 11.4. The van der Waals surface area contributed by atoms with E-state index in [1.54, 1.807) is 20.8 Å². The molecule has 0 aromatic carbocycles. The largest absolute Gasteiger partial charge is 0.481 e. The van der Waals surface area contributed by atoms with Crippen molar-refractivity contribution in [2.24, 2.45) is 5.92 Å². The highest BCUT2D eigenvalue weighted by Crippen LogP contribution is 2.10. The van der Waals surface area contributed by atoms with Gasteiger partial charge in [0.05, 0.1) is 6.42 Å². The summed E-state index contributed by atoms with van der Waals surface area (Å²) in [7, 11) is 0. The van der Waals surface area contributed by atoms with Gasteiger partial charge in [-0.3, -0.25) is 4.79 Å². The number of amides is 1. The number of ether oxygens (including phenoxy) is 2. The number of nitrogens with one attached hydrogen (secondary N) is 1. The van der Waals surface area contributed by atoms with Crippen LogP contribution >= 0.6 is 0 Å². The normalized spacial score (nSPS) is 12.8. The molecule has 19 heavy (non-hydrogen) atoms. The molecule has 6 heteroatoms. The third kappa shape index (κ3) is 11.5. The van der Waals surface area contributed by atoms with Crippen molar-refractivity contribution >= 4 is 12.1 Å². The number of hydrogen-bond acceptors (Lipinski definition) is 4. The smallest absolute Gasteiger partial charge is 0.407 e. The van der Waals surface area contributed by atoms with E-state index in [2.05, 4.69) is 5.32 Å². The van der Waals surface area contributed by atoms with Gasteiger partial charge in [0.1, 0.15) is 5.60 Å². The highest BCUT2D eigenvalue weighted by molar-refractivity contribution is 5.68. The molecule has 0 saturated heterocycles. The SMILES string of the molecule is CCOC[C@H](CCNC(=O)OC(C)(C)C)CC(=O)O. The minimum Gasteiger partial charge on any atom is -0.481 e. The molecule has 0 aliphatic rings. The summed E-state index contributed by atoms with van der Waals surface area (Å²) in [5, 5.41) is 11.4. The summed E-state index contributed by atoms with van der Waals surface area (Å²) in [6.45, 7) is 8.53. The zero-order chi connectivity index (χ0) is 14.9. The van der Waals surface area contributed by atoms with Crippen LogP contribution in [0.1, 0.15) is 40.5 Å². The molecule has 0 spiro atoms. The van der Waals surface area contributed by atoms with Gasteiger partial charge in [-0.2, -0.15) is 0 Å². The molecule has 0 aliphatic heterocycles. The van der Waals surface area contributed by atoms with Crippen molar-refractivity contribution < 1.29 is 24.2 Å².